The first-order valence-electron chi connectivity index (χ1n) is 9.23. The topological polar surface area (TPSA) is 76.7 Å². The van der Waals surface area contributed by atoms with E-state index in [2.05, 4.69) is 10.6 Å². The highest BCUT2D eigenvalue weighted by molar-refractivity contribution is 6.05. The molecule has 0 radical (unpaired) electrons. The van der Waals surface area contributed by atoms with Gasteiger partial charge in [0.05, 0.1) is 12.0 Å². The van der Waals surface area contributed by atoms with Crippen molar-refractivity contribution in [3.05, 3.63) is 54.1 Å². The van der Waals surface area contributed by atoms with Crippen molar-refractivity contribution in [1.82, 2.24) is 0 Å². The predicted molar refractivity (Wildman–Crippen MR) is 102 cm³/mol. The van der Waals surface area contributed by atoms with Crippen molar-refractivity contribution < 1.29 is 19.1 Å². The first-order chi connectivity index (χ1) is 13.2. The molecule has 2 aromatic carbocycles. The number of anilines is 2. The molecule has 4 rings (SSSR count). The second-order valence-corrected chi connectivity index (χ2v) is 6.86. The lowest BCUT2D eigenvalue weighted by Gasteiger charge is -2.24. The van der Waals surface area contributed by atoms with Crippen LogP contribution in [0.15, 0.2) is 48.5 Å². The third-order valence-electron chi connectivity index (χ3n) is 4.88. The van der Waals surface area contributed by atoms with Gasteiger partial charge in [0.1, 0.15) is 12.4 Å². The molecule has 2 aromatic rings. The van der Waals surface area contributed by atoms with Gasteiger partial charge in [-0.3, -0.25) is 9.59 Å². The molecular formula is C21H22N2O4. The van der Waals surface area contributed by atoms with Gasteiger partial charge in [0.25, 0.3) is 0 Å². The van der Waals surface area contributed by atoms with Gasteiger partial charge < -0.3 is 20.1 Å². The van der Waals surface area contributed by atoms with Crippen LogP contribution in [0.3, 0.4) is 0 Å². The monoisotopic (exact) mass is 366 g/mol. The summed E-state index contributed by atoms with van der Waals surface area (Å²) in [6.45, 7) is 1.30. The van der Waals surface area contributed by atoms with E-state index in [0.717, 1.165) is 25.0 Å². The number of fused-ring (bicyclic) bond motifs is 1. The van der Waals surface area contributed by atoms with Crippen molar-refractivity contribution >= 4 is 23.2 Å². The van der Waals surface area contributed by atoms with Crippen LogP contribution in [0, 0.1) is 0 Å². The zero-order chi connectivity index (χ0) is 18.6. The molecular weight excluding hydrogens is 344 g/mol. The smallest absolute Gasteiger partial charge is 0.232 e. The molecule has 2 aliphatic heterocycles. The van der Waals surface area contributed by atoms with E-state index in [1.807, 2.05) is 42.5 Å². The summed E-state index contributed by atoms with van der Waals surface area (Å²) in [5.74, 6) is -0.174. The molecule has 2 atom stereocenters. The molecule has 0 aliphatic carbocycles. The van der Waals surface area contributed by atoms with E-state index in [1.54, 1.807) is 6.07 Å². The average Bonchev–Trinajstić information content (AvgIpc) is 3.19. The second kappa shape index (κ2) is 7.80. The number of hydrogen-bond acceptors (Lipinski definition) is 4. The van der Waals surface area contributed by atoms with Crippen LogP contribution in [-0.2, 0) is 14.3 Å². The summed E-state index contributed by atoms with van der Waals surface area (Å²) >= 11 is 0. The van der Waals surface area contributed by atoms with Crippen molar-refractivity contribution in [2.24, 2.45) is 0 Å². The number of ether oxygens (including phenoxy) is 2. The van der Waals surface area contributed by atoms with Crippen LogP contribution >= 0.6 is 0 Å². The number of carbonyl (C=O) groups excluding carboxylic acids is 2. The van der Waals surface area contributed by atoms with E-state index >= 15 is 0 Å². The van der Waals surface area contributed by atoms with E-state index in [0.29, 0.717) is 23.7 Å². The Bertz CT molecular complexity index is 846. The van der Waals surface area contributed by atoms with Crippen LogP contribution in [0.4, 0.5) is 11.4 Å². The van der Waals surface area contributed by atoms with Crippen molar-refractivity contribution in [2.45, 2.75) is 31.3 Å². The third-order valence-corrected chi connectivity index (χ3v) is 4.88. The molecule has 140 valence electrons. The van der Waals surface area contributed by atoms with Gasteiger partial charge in [-0.05, 0) is 36.6 Å². The Morgan fingerprint density at radius 2 is 2.11 bits per heavy atom. The minimum atomic E-state index is -0.508. The number of carbonyl (C=O) groups is 2. The summed E-state index contributed by atoms with van der Waals surface area (Å²) in [4.78, 5) is 24.7. The van der Waals surface area contributed by atoms with Crippen molar-refractivity contribution in [3.8, 4) is 5.75 Å². The average molecular weight is 366 g/mol. The highest BCUT2D eigenvalue weighted by Crippen LogP contribution is 2.33. The molecule has 2 amide bonds. The first kappa shape index (κ1) is 17.5. The summed E-state index contributed by atoms with van der Waals surface area (Å²) in [6, 6.07) is 14.7. The zero-order valence-electron chi connectivity index (χ0n) is 14.9. The maximum absolute atomic E-state index is 12.8. The SMILES string of the molecule is O=C1C[C@@H](C(=O)Nc2cccc(OC[C@H]3CCCO3)c2)c2ccccc2N1. The summed E-state index contributed by atoms with van der Waals surface area (Å²) in [5, 5.41) is 5.72. The van der Waals surface area contributed by atoms with E-state index < -0.39 is 5.92 Å². The van der Waals surface area contributed by atoms with Gasteiger partial charge in [0.2, 0.25) is 11.8 Å². The van der Waals surface area contributed by atoms with Gasteiger partial charge >= 0.3 is 0 Å². The van der Waals surface area contributed by atoms with Gasteiger partial charge in [0, 0.05) is 30.5 Å². The maximum atomic E-state index is 12.8. The Balaban J connectivity index is 1.43. The third kappa shape index (κ3) is 4.11. The second-order valence-electron chi connectivity index (χ2n) is 6.86. The van der Waals surface area contributed by atoms with Crippen LogP contribution in [0.25, 0.3) is 0 Å². The normalized spacial score (nSPS) is 21.3. The molecule has 0 bridgehead atoms. The van der Waals surface area contributed by atoms with E-state index in [9.17, 15) is 9.59 Å². The molecule has 0 saturated carbocycles. The predicted octanol–water partition coefficient (Wildman–Crippen LogP) is 3.31. The lowest BCUT2D eigenvalue weighted by molar-refractivity contribution is -0.123. The molecule has 1 saturated heterocycles. The van der Waals surface area contributed by atoms with Crippen LogP contribution in [-0.4, -0.2) is 31.1 Å². The molecule has 0 aromatic heterocycles. The summed E-state index contributed by atoms with van der Waals surface area (Å²) in [6.07, 6.45) is 2.36. The molecule has 2 heterocycles. The lowest BCUT2D eigenvalue weighted by atomic mass is 9.90. The number of benzene rings is 2. The Labute approximate surface area is 157 Å². The van der Waals surface area contributed by atoms with E-state index in [1.165, 1.54) is 0 Å². The van der Waals surface area contributed by atoms with Crippen LogP contribution in [0.1, 0.15) is 30.7 Å². The molecule has 6 nitrogen and oxygen atoms in total. The molecule has 0 unspecified atom stereocenters. The van der Waals surface area contributed by atoms with Crippen molar-refractivity contribution in [2.75, 3.05) is 23.8 Å². The fourth-order valence-corrected chi connectivity index (χ4v) is 3.50. The zero-order valence-corrected chi connectivity index (χ0v) is 14.9. The number of hydrogen-bond donors (Lipinski definition) is 2. The van der Waals surface area contributed by atoms with E-state index in [-0.39, 0.29) is 24.3 Å². The van der Waals surface area contributed by atoms with Crippen molar-refractivity contribution in [1.29, 1.82) is 0 Å². The maximum Gasteiger partial charge on any atom is 0.232 e. The largest absolute Gasteiger partial charge is 0.491 e. The van der Waals surface area contributed by atoms with E-state index in [4.69, 9.17) is 9.47 Å². The standard InChI is InChI=1S/C21H22N2O4/c24-20-12-18(17-8-1-2-9-19(17)23-20)21(25)22-14-5-3-6-15(11-14)27-13-16-7-4-10-26-16/h1-3,5-6,8-9,11,16,18H,4,7,10,12-13H2,(H,22,25)(H,23,24)/t16-,18-/m1/s1. The van der Waals surface area contributed by atoms with Crippen LogP contribution < -0.4 is 15.4 Å². The number of amides is 2. The molecule has 1 fully saturated rings. The highest BCUT2D eigenvalue weighted by Gasteiger charge is 2.30. The first-order valence-corrected chi connectivity index (χ1v) is 9.23. The van der Waals surface area contributed by atoms with Crippen LogP contribution in [0.5, 0.6) is 5.75 Å². The number of rotatable bonds is 5. The number of nitrogens with one attached hydrogen (secondary N) is 2. The van der Waals surface area contributed by atoms with Gasteiger partial charge in [-0.25, -0.2) is 0 Å². The number of para-hydroxylation sites is 1. The Hall–Kier alpha value is -2.86. The molecule has 27 heavy (non-hydrogen) atoms. The fraction of sp³-hybridized carbons (Fsp3) is 0.333. The molecule has 2 aliphatic rings. The summed E-state index contributed by atoms with van der Waals surface area (Å²) in [7, 11) is 0. The summed E-state index contributed by atoms with van der Waals surface area (Å²) < 4.78 is 11.4. The Kier molecular flexibility index (Phi) is 5.07. The van der Waals surface area contributed by atoms with Crippen LogP contribution in [0.2, 0.25) is 0 Å². The molecule has 2 N–H and O–H groups in total. The Morgan fingerprint density at radius 3 is 2.96 bits per heavy atom. The fourth-order valence-electron chi connectivity index (χ4n) is 3.50. The lowest BCUT2D eigenvalue weighted by Crippen LogP contribution is -2.30. The van der Waals surface area contributed by atoms with Gasteiger partial charge in [-0.1, -0.05) is 24.3 Å². The summed E-state index contributed by atoms with van der Waals surface area (Å²) in [5.41, 5.74) is 2.18. The van der Waals surface area contributed by atoms with Gasteiger partial charge in [-0.15, -0.1) is 0 Å². The minimum Gasteiger partial charge on any atom is -0.491 e. The van der Waals surface area contributed by atoms with Gasteiger partial charge in [-0.2, -0.15) is 0 Å². The molecule has 0 spiro atoms. The highest BCUT2D eigenvalue weighted by atomic mass is 16.5. The Morgan fingerprint density at radius 1 is 1.22 bits per heavy atom. The minimum absolute atomic E-state index is 0.137. The quantitative estimate of drug-likeness (QED) is 0.851. The molecule has 6 heteroatoms. The van der Waals surface area contributed by atoms with Gasteiger partial charge in [0.15, 0.2) is 0 Å². The van der Waals surface area contributed by atoms with Crippen molar-refractivity contribution in [3.63, 3.8) is 0 Å².